The molecule has 1 rings (SSSR count). The third-order valence-electron chi connectivity index (χ3n) is 3.48. The normalized spacial score (nSPS) is 19.4. The predicted octanol–water partition coefficient (Wildman–Crippen LogP) is 2.27. The van der Waals surface area contributed by atoms with Crippen molar-refractivity contribution in [3.05, 3.63) is 0 Å². The average molecular weight is 231 g/mol. The van der Waals surface area contributed by atoms with E-state index in [1.54, 1.807) is 14.2 Å². The maximum atomic E-state index is 5.45. The Morgan fingerprint density at radius 2 is 1.73 bits per heavy atom. The van der Waals surface area contributed by atoms with Crippen LogP contribution in [-0.4, -0.2) is 35.4 Å². The highest BCUT2D eigenvalue weighted by atomic mass is 28.4. The van der Waals surface area contributed by atoms with Crippen LogP contribution in [0.4, 0.5) is 0 Å². The van der Waals surface area contributed by atoms with Gasteiger partial charge in [0.15, 0.2) is 0 Å². The van der Waals surface area contributed by atoms with Gasteiger partial charge in [-0.05, 0) is 25.9 Å². The molecular weight excluding hydrogens is 206 g/mol. The van der Waals surface area contributed by atoms with Crippen molar-refractivity contribution in [2.75, 3.05) is 20.8 Å². The molecule has 0 aromatic rings. The first-order valence-corrected chi connectivity index (χ1v) is 8.56. The minimum absolute atomic E-state index is 0.741. The van der Waals surface area contributed by atoms with Crippen LogP contribution in [0.2, 0.25) is 12.6 Å². The Labute approximate surface area is 94.8 Å². The van der Waals surface area contributed by atoms with Crippen molar-refractivity contribution in [2.45, 2.75) is 50.7 Å². The van der Waals surface area contributed by atoms with Crippen molar-refractivity contribution >= 4 is 8.56 Å². The Hall–Kier alpha value is 0.0969. The Morgan fingerprint density at radius 1 is 1.13 bits per heavy atom. The third-order valence-corrected chi connectivity index (χ3v) is 6.37. The molecule has 1 aliphatic rings. The van der Waals surface area contributed by atoms with Crippen LogP contribution in [0, 0.1) is 0 Å². The zero-order valence-electron chi connectivity index (χ0n) is 10.3. The van der Waals surface area contributed by atoms with E-state index in [2.05, 4.69) is 11.9 Å². The molecule has 1 fully saturated rings. The number of hydrogen-bond acceptors (Lipinski definition) is 3. The minimum Gasteiger partial charge on any atom is -0.398 e. The van der Waals surface area contributed by atoms with Crippen molar-refractivity contribution in [3.8, 4) is 0 Å². The molecule has 0 bridgehead atoms. The van der Waals surface area contributed by atoms with Gasteiger partial charge in [-0.1, -0.05) is 19.3 Å². The third kappa shape index (κ3) is 4.63. The maximum absolute atomic E-state index is 5.45. The van der Waals surface area contributed by atoms with E-state index < -0.39 is 8.56 Å². The van der Waals surface area contributed by atoms with E-state index in [1.165, 1.54) is 32.1 Å². The first-order chi connectivity index (χ1) is 7.20. The molecule has 0 heterocycles. The molecule has 1 N–H and O–H groups in total. The topological polar surface area (TPSA) is 30.5 Å². The molecule has 0 radical (unpaired) electrons. The SMILES string of the molecule is CO[Si](C)(CCNC1CCCCC1)OC. The van der Waals surface area contributed by atoms with E-state index >= 15 is 0 Å². The van der Waals surface area contributed by atoms with E-state index in [1.807, 2.05) is 0 Å². The molecule has 0 amide bonds. The molecule has 0 aromatic carbocycles. The zero-order chi connectivity index (χ0) is 11.1. The highest BCUT2D eigenvalue weighted by molar-refractivity contribution is 6.66. The van der Waals surface area contributed by atoms with Crippen LogP contribution in [0.25, 0.3) is 0 Å². The van der Waals surface area contributed by atoms with Crippen LogP contribution in [0.5, 0.6) is 0 Å². The molecule has 0 spiro atoms. The second-order valence-corrected chi connectivity index (χ2v) is 8.17. The molecule has 3 nitrogen and oxygen atoms in total. The number of rotatable bonds is 6. The summed E-state index contributed by atoms with van der Waals surface area (Å²) < 4.78 is 10.9. The summed E-state index contributed by atoms with van der Waals surface area (Å²) in [5.74, 6) is 0. The van der Waals surface area contributed by atoms with Crippen molar-refractivity contribution in [1.82, 2.24) is 5.32 Å². The van der Waals surface area contributed by atoms with Gasteiger partial charge in [-0.25, -0.2) is 0 Å². The van der Waals surface area contributed by atoms with Gasteiger partial charge in [0.05, 0.1) is 0 Å². The Kier molecular flexibility index (Phi) is 5.82. The quantitative estimate of drug-likeness (QED) is 0.711. The van der Waals surface area contributed by atoms with Crippen molar-refractivity contribution in [2.24, 2.45) is 0 Å². The summed E-state index contributed by atoms with van der Waals surface area (Å²) in [4.78, 5) is 0. The van der Waals surface area contributed by atoms with Gasteiger partial charge >= 0.3 is 8.56 Å². The summed E-state index contributed by atoms with van der Waals surface area (Å²) in [6.45, 7) is 3.16. The highest BCUT2D eigenvalue weighted by Crippen LogP contribution is 2.18. The maximum Gasteiger partial charge on any atom is 0.335 e. The average Bonchev–Trinajstić information content (AvgIpc) is 2.30. The van der Waals surface area contributed by atoms with Crippen molar-refractivity contribution < 1.29 is 8.85 Å². The smallest absolute Gasteiger partial charge is 0.335 e. The molecule has 0 saturated heterocycles. The van der Waals surface area contributed by atoms with Crippen LogP contribution in [0.1, 0.15) is 32.1 Å². The van der Waals surface area contributed by atoms with Gasteiger partial charge in [0.25, 0.3) is 0 Å². The Balaban J connectivity index is 2.14. The second kappa shape index (κ2) is 6.63. The summed E-state index contributed by atoms with van der Waals surface area (Å²) >= 11 is 0. The van der Waals surface area contributed by atoms with Gasteiger partial charge in [-0.15, -0.1) is 0 Å². The lowest BCUT2D eigenvalue weighted by Gasteiger charge is -2.26. The molecule has 0 aliphatic heterocycles. The van der Waals surface area contributed by atoms with Gasteiger partial charge in [0.1, 0.15) is 0 Å². The number of nitrogens with one attached hydrogen (secondary N) is 1. The monoisotopic (exact) mass is 231 g/mol. The zero-order valence-corrected chi connectivity index (χ0v) is 11.3. The van der Waals surface area contributed by atoms with Gasteiger partial charge in [-0.2, -0.15) is 0 Å². The van der Waals surface area contributed by atoms with Crippen LogP contribution < -0.4 is 5.32 Å². The summed E-state index contributed by atoms with van der Waals surface area (Å²) in [7, 11) is 1.68. The molecule has 0 unspecified atom stereocenters. The van der Waals surface area contributed by atoms with Gasteiger partial charge in [0, 0.05) is 26.3 Å². The van der Waals surface area contributed by atoms with E-state index in [4.69, 9.17) is 8.85 Å². The van der Waals surface area contributed by atoms with E-state index in [9.17, 15) is 0 Å². The summed E-state index contributed by atoms with van der Waals surface area (Å²) in [5.41, 5.74) is 0. The van der Waals surface area contributed by atoms with E-state index in [0.717, 1.165) is 18.6 Å². The lowest BCUT2D eigenvalue weighted by Crippen LogP contribution is -2.41. The molecule has 4 heteroatoms. The summed E-state index contributed by atoms with van der Waals surface area (Å²) in [5, 5.41) is 3.62. The van der Waals surface area contributed by atoms with Crippen LogP contribution in [0.15, 0.2) is 0 Å². The molecule has 0 aromatic heterocycles. The second-order valence-electron chi connectivity index (χ2n) is 4.58. The largest absolute Gasteiger partial charge is 0.398 e. The molecule has 90 valence electrons. The van der Waals surface area contributed by atoms with Crippen LogP contribution in [-0.2, 0) is 8.85 Å². The lowest BCUT2D eigenvalue weighted by atomic mass is 9.96. The first-order valence-electron chi connectivity index (χ1n) is 6.04. The Bertz CT molecular complexity index is 168. The van der Waals surface area contributed by atoms with Crippen molar-refractivity contribution in [3.63, 3.8) is 0 Å². The standard InChI is InChI=1S/C11H25NO2Si/c1-13-15(3,14-2)10-9-12-11-7-5-4-6-8-11/h11-12H,4-10H2,1-3H3. The highest BCUT2D eigenvalue weighted by Gasteiger charge is 2.28. The predicted molar refractivity (Wildman–Crippen MR) is 65.3 cm³/mol. The van der Waals surface area contributed by atoms with Crippen LogP contribution >= 0.6 is 0 Å². The molecule has 1 aliphatic carbocycles. The van der Waals surface area contributed by atoms with E-state index in [-0.39, 0.29) is 0 Å². The fourth-order valence-electron chi connectivity index (χ4n) is 2.10. The fourth-order valence-corrected chi connectivity index (χ4v) is 3.27. The van der Waals surface area contributed by atoms with Crippen LogP contribution in [0.3, 0.4) is 0 Å². The number of hydrogen-bond donors (Lipinski definition) is 1. The molecule has 0 atom stereocenters. The molecule has 1 saturated carbocycles. The summed E-state index contributed by atoms with van der Waals surface area (Å²) in [6, 6.07) is 1.78. The van der Waals surface area contributed by atoms with Gasteiger partial charge in [0.2, 0.25) is 0 Å². The Morgan fingerprint density at radius 3 is 2.27 bits per heavy atom. The summed E-state index contributed by atoms with van der Waals surface area (Å²) in [6.07, 6.45) is 6.89. The molecular formula is C11H25NO2Si. The van der Waals surface area contributed by atoms with Gasteiger partial charge in [-0.3, -0.25) is 0 Å². The van der Waals surface area contributed by atoms with E-state index in [0.29, 0.717) is 0 Å². The minimum atomic E-state index is -1.84. The first kappa shape index (κ1) is 13.2. The fraction of sp³-hybridized carbons (Fsp3) is 1.00. The lowest BCUT2D eigenvalue weighted by molar-refractivity contribution is 0.247. The van der Waals surface area contributed by atoms with Gasteiger partial charge < -0.3 is 14.2 Å². The van der Waals surface area contributed by atoms with Crippen molar-refractivity contribution in [1.29, 1.82) is 0 Å². The molecule has 15 heavy (non-hydrogen) atoms.